The number of aryl methyl sites for hydroxylation is 1. The Balaban J connectivity index is 1.55. The van der Waals surface area contributed by atoms with Crippen LogP contribution in [0.5, 0.6) is 0 Å². The van der Waals surface area contributed by atoms with Crippen LogP contribution in [0.1, 0.15) is 40.6 Å². The summed E-state index contributed by atoms with van der Waals surface area (Å²) in [6, 6.07) is 0. The van der Waals surface area contributed by atoms with Gasteiger partial charge >= 0.3 is 5.97 Å². The molecule has 0 bridgehead atoms. The SMILES string of the molecule is COC(=O)c1c(NC(=O)[C@H](C)Sc2ncnc3nc[nH]c23)sc2c1CCCC2. The summed E-state index contributed by atoms with van der Waals surface area (Å²) in [6.07, 6.45) is 6.90. The number of H-pyrrole nitrogens is 1. The summed E-state index contributed by atoms with van der Waals surface area (Å²) in [5.74, 6) is -0.593. The van der Waals surface area contributed by atoms with E-state index in [1.54, 1.807) is 13.3 Å². The monoisotopic (exact) mass is 417 g/mol. The lowest BCUT2D eigenvalue weighted by atomic mass is 9.95. The number of hydrogen-bond donors (Lipinski definition) is 2. The maximum Gasteiger partial charge on any atom is 0.341 e. The van der Waals surface area contributed by atoms with Gasteiger partial charge in [0.1, 0.15) is 21.9 Å². The molecule has 1 aliphatic carbocycles. The van der Waals surface area contributed by atoms with Gasteiger partial charge in [-0.15, -0.1) is 11.3 Å². The van der Waals surface area contributed by atoms with Gasteiger partial charge in [-0.3, -0.25) is 4.79 Å². The van der Waals surface area contributed by atoms with Gasteiger partial charge in [0.05, 0.1) is 24.3 Å². The number of carbonyl (C=O) groups is 2. The first kappa shape index (κ1) is 18.9. The predicted molar refractivity (Wildman–Crippen MR) is 108 cm³/mol. The number of thioether (sulfide) groups is 1. The maximum atomic E-state index is 12.8. The van der Waals surface area contributed by atoms with Crippen molar-refractivity contribution in [2.24, 2.45) is 0 Å². The van der Waals surface area contributed by atoms with Crippen LogP contribution < -0.4 is 5.32 Å². The summed E-state index contributed by atoms with van der Waals surface area (Å²) in [6.45, 7) is 1.80. The number of esters is 1. The number of ether oxygens (including phenoxy) is 1. The fourth-order valence-corrected chi connectivity index (χ4v) is 5.40. The Hall–Kier alpha value is -2.46. The summed E-state index contributed by atoms with van der Waals surface area (Å²) in [7, 11) is 1.37. The number of aromatic nitrogens is 4. The van der Waals surface area contributed by atoms with Crippen molar-refractivity contribution in [3.05, 3.63) is 28.7 Å². The zero-order valence-corrected chi connectivity index (χ0v) is 17.1. The number of nitrogens with one attached hydrogen (secondary N) is 2. The third-order valence-corrected chi connectivity index (χ3v) is 6.95. The molecule has 1 atom stereocenters. The van der Waals surface area contributed by atoms with E-state index in [1.165, 1.54) is 36.5 Å². The van der Waals surface area contributed by atoms with E-state index in [9.17, 15) is 9.59 Å². The van der Waals surface area contributed by atoms with E-state index in [0.29, 0.717) is 26.8 Å². The Labute approximate surface area is 169 Å². The third-order valence-electron chi connectivity index (χ3n) is 4.64. The molecule has 146 valence electrons. The molecule has 28 heavy (non-hydrogen) atoms. The zero-order chi connectivity index (χ0) is 19.7. The Morgan fingerprint density at radius 1 is 1.29 bits per heavy atom. The Bertz CT molecular complexity index is 1050. The lowest BCUT2D eigenvalue weighted by Crippen LogP contribution is -2.23. The number of rotatable bonds is 5. The standard InChI is InChI=1S/C18H19N5O3S2/c1-9(27-17-13-14(20-7-19-13)21-8-22-17)15(24)23-16-12(18(25)26-2)10-5-3-4-6-11(10)28-16/h7-9H,3-6H2,1-2H3,(H,23,24)(H,19,20,21,22)/t9-/m0/s1. The van der Waals surface area contributed by atoms with E-state index in [4.69, 9.17) is 4.74 Å². The Kier molecular flexibility index (Phi) is 5.31. The summed E-state index contributed by atoms with van der Waals surface area (Å²) < 4.78 is 4.96. The van der Waals surface area contributed by atoms with Crippen molar-refractivity contribution in [2.75, 3.05) is 12.4 Å². The van der Waals surface area contributed by atoms with Gasteiger partial charge in [-0.2, -0.15) is 0 Å². The molecule has 8 nitrogen and oxygen atoms in total. The second-order valence-corrected chi connectivity index (χ2v) is 8.87. The molecule has 0 saturated heterocycles. The second-order valence-electron chi connectivity index (χ2n) is 6.44. The first-order valence-corrected chi connectivity index (χ1v) is 10.6. The topological polar surface area (TPSA) is 110 Å². The van der Waals surface area contributed by atoms with Crippen LogP contribution in [0.4, 0.5) is 5.00 Å². The highest BCUT2D eigenvalue weighted by molar-refractivity contribution is 8.00. The molecule has 3 aromatic heterocycles. The molecule has 1 amide bonds. The van der Waals surface area contributed by atoms with Crippen LogP contribution in [0.15, 0.2) is 17.7 Å². The average Bonchev–Trinajstić information content (AvgIpc) is 3.32. The molecular formula is C18H19N5O3S2. The van der Waals surface area contributed by atoms with Crippen LogP contribution in [0.25, 0.3) is 11.2 Å². The third kappa shape index (κ3) is 3.49. The van der Waals surface area contributed by atoms with Crippen molar-refractivity contribution in [3.8, 4) is 0 Å². The number of fused-ring (bicyclic) bond motifs is 2. The van der Waals surface area contributed by atoms with Crippen molar-refractivity contribution in [3.63, 3.8) is 0 Å². The molecule has 0 radical (unpaired) electrons. The number of thiophene rings is 1. The molecule has 0 fully saturated rings. The molecule has 0 aliphatic heterocycles. The number of nitrogens with zero attached hydrogens (tertiary/aromatic N) is 3. The molecule has 0 spiro atoms. The Morgan fingerprint density at radius 2 is 2.11 bits per heavy atom. The molecule has 4 rings (SSSR count). The maximum absolute atomic E-state index is 12.8. The van der Waals surface area contributed by atoms with Gasteiger partial charge in [0.15, 0.2) is 5.65 Å². The van der Waals surface area contributed by atoms with Gasteiger partial charge in [-0.05, 0) is 38.2 Å². The lowest BCUT2D eigenvalue weighted by Gasteiger charge is -2.13. The second kappa shape index (κ2) is 7.88. The molecule has 0 saturated carbocycles. The molecule has 0 unspecified atom stereocenters. The van der Waals surface area contributed by atoms with Gasteiger partial charge in [0, 0.05) is 4.88 Å². The fraction of sp³-hybridized carbons (Fsp3) is 0.389. The van der Waals surface area contributed by atoms with E-state index >= 15 is 0 Å². The smallest absolute Gasteiger partial charge is 0.341 e. The highest BCUT2D eigenvalue weighted by atomic mass is 32.2. The molecule has 10 heteroatoms. The van der Waals surface area contributed by atoms with Crippen LogP contribution in [0.3, 0.4) is 0 Å². The first-order valence-electron chi connectivity index (χ1n) is 8.93. The number of amides is 1. The van der Waals surface area contributed by atoms with Crippen molar-refractivity contribution < 1.29 is 14.3 Å². The average molecular weight is 418 g/mol. The van der Waals surface area contributed by atoms with E-state index in [1.807, 2.05) is 0 Å². The van der Waals surface area contributed by atoms with E-state index in [-0.39, 0.29) is 5.91 Å². The molecule has 0 aromatic carbocycles. The number of hydrogen-bond acceptors (Lipinski definition) is 8. The quantitative estimate of drug-likeness (QED) is 0.373. The van der Waals surface area contributed by atoms with Gasteiger partial charge in [-0.25, -0.2) is 19.7 Å². The molecular weight excluding hydrogens is 398 g/mol. The van der Waals surface area contributed by atoms with Gasteiger partial charge in [0.25, 0.3) is 0 Å². The van der Waals surface area contributed by atoms with Gasteiger partial charge < -0.3 is 15.0 Å². The van der Waals surface area contributed by atoms with Crippen molar-refractivity contribution in [2.45, 2.75) is 42.9 Å². The minimum absolute atomic E-state index is 0.194. The minimum Gasteiger partial charge on any atom is -0.465 e. The lowest BCUT2D eigenvalue weighted by molar-refractivity contribution is -0.115. The predicted octanol–water partition coefficient (Wildman–Crippen LogP) is 3.20. The number of carbonyl (C=O) groups excluding carboxylic acids is 2. The van der Waals surface area contributed by atoms with Crippen LogP contribution in [0.2, 0.25) is 0 Å². The van der Waals surface area contributed by atoms with E-state index < -0.39 is 11.2 Å². The minimum atomic E-state index is -0.425. The number of aromatic amines is 1. The molecule has 3 heterocycles. The summed E-state index contributed by atoms with van der Waals surface area (Å²) in [5.41, 5.74) is 2.79. The van der Waals surface area contributed by atoms with E-state index in [2.05, 4.69) is 25.3 Å². The van der Waals surface area contributed by atoms with Gasteiger partial charge in [0.2, 0.25) is 5.91 Å². The molecule has 1 aliphatic rings. The van der Waals surface area contributed by atoms with Crippen LogP contribution in [-0.4, -0.2) is 44.2 Å². The number of anilines is 1. The number of methoxy groups -OCH3 is 1. The van der Waals surface area contributed by atoms with Crippen LogP contribution >= 0.6 is 23.1 Å². The number of imidazole rings is 1. The van der Waals surface area contributed by atoms with Crippen molar-refractivity contribution in [1.82, 2.24) is 19.9 Å². The van der Waals surface area contributed by atoms with Gasteiger partial charge in [-0.1, -0.05) is 11.8 Å². The van der Waals surface area contributed by atoms with Crippen LogP contribution in [0, 0.1) is 0 Å². The summed E-state index contributed by atoms with van der Waals surface area (Å²) in [4.78, 5) is 41.7. The normalized spacial score (nSPS) is 14.5. The molecule has 3 aromatic rings. The van der Waals surface area contributed by atoms with E-state index in [0.717, 1.165) is 36.1 Å². The summed E-state index contributed by atoms with van der Waals surface area (Å²) in [5, 5.41) is 3.74. The van der Waals surface area contributed by atoms with Crippen LogP contribution in [-0.2, 0) is 22.4 Å². The first-order chi connectivity index (χ1) is 13.6. The molecule has 2 N–H and O–H groups in total. The van der Waals surface area contributed by atoms with Crippen molar-refractivity contribution in [1.29, 1.82) is 0 Å². The largest absolute Gasteiger partial charge is 0.465 e. The fourth-order valence-electron chi connectivity index (χ4n) is 3.24. The Morgan fingerprint density at radius 3 is 2.93 bits per heavy atom. The van der Waals surface area contributed by atoms with Crippen molar-refractivity contribution >= 4 is 51.1 Å². The highest BCUT2D eigenvalue weighted by Gasteiger charge is 2.28. The zero-order valence-electron chi connectivity index (χ0n) is 15.4. The highest BCUT2D eigenvalue weighted by Crippen LogP contribution is 2.39. The summed E-state index contributed by atoms with van der Waals surface area (Å²) >= 11 is 2.79.